The molecule has 1 aromatic carbocycles. The van der Waals surface area contributed by atoms with Crippen molar-refractivity contribution in [1.29, 1.82) is 10.5 Å². The minimum Gasteiger partial charge on any atom is -0.192 e. The summed E-state index contributed by atoms with van der Waals surface area (Å²) in [5, 5.41) is 19.1. The van der Waals surface area contributed by atoms with E-state index in [-0.39, 0.29) is 17.4 Å². The second-order valence-electron chi connectivity index (χ2n) is 5.38. The van der Waals surface area contributed by atoms with E-state index in [1.165, 1.54) is 5.56 Å². The number of hydrogen-bond acceptors (Lipinski definition) is 2. The van der Waals surface area contributed by atoms with Gasteiger partial charge in [0.25, 0.3) is 0 Å². The van der Waals surface area contributed by atoms with Gasteiger partial charge in [-0.25, -0.2) is 0 Å². The van der Waals surface area contributed by atoms with Crippen LogP contribution in [0.2, 0.25) is 5.02 Å². The highest BCUT2D eigenvalue weighted by Gasteiger charge is 2.32. The van der Waals surface area contributed by atoms with Crippen molar-refractivity contribution in [2.45, 2.75) is 12.3 Å². The lowest BCUT2D eigenvalue weighted by Crippen LogP contribution is -2.18. The van der Waals surface area contributed by atoms with Crippen molar-refractivity contribution in [3.05, 3.63) is 70.3 Å². The molecule has 0 N–H and O–H groups in total. The molecule has 21 heavy (non-hydrogen) atoms. The van der Waals surface area contributed by atoms with Gasteiger partial charge in [-0.05, 0) is 41.5 Å². The zero-order valence-corrected chi connectivity index (χ0v) is 12.1. The largest absolute Gasteiger partial charge is 0.192 e. The average molecular weight is 293 g/mol. The number of hydrogen-bond donors (Lipinski definition) is 0. The molecule has 0 amide bonds. The Morgan fingerprint density at radius 2 is 1.76 bits per heavy atom. The first-order chi connectivity index (χ1) is 10.2. The smallest absolute Gasteiger partial charge is 0.133 e. The van der Waals surface area contributed by atoms with Crippen LogP contribution in [0.15, 0.2) is 59.7 Å². The molecule has 0 saturated carbocycles. The molecule has 3 unspecified atom stereocenters. The highest BCUT2D eigenvalue weighted by Crippen LogP contribution is 2.44. The quantitative estimate of drug-likeness (QED) is 0.564. The van der Waals surface area contributed by atoms with E-state index in [1.807, 2.05) is 42.5 Å². The summed E-state index contributed by atoms with van der Waals surface area (Å²) < 4.78 is 0. The van der Waals surface area contributed by atoms with E-state index in [0.29, 0.717) is 5.92 Å². The molecule has 102 valence electrons. The van der Waals surface area contributed by atoms with Gasteiger partial charge in [-0.1, -0.05) is 48.0 Å². The molecular formula is C18H13ClN2. The van der Waals surface area contributed by atoms with E-state index >= 15 is 0 Å². The summed E-state index contributed by atoms with van der Waals surface area (Å²) in [5.41, 5.74) is 2.24. The molecule has 2 nitrogen and oxygen atoms in total. The topological polar surface area (TPSA) is 47.6 Å². The van der Waals surface area contributed by atoms with Gasteiger partial charge in [-0.2, -0.15) is 10.5 Å². The molecule has 0 radical (unpaired) electrons. The van der Waals surface area contributed by atoms with Crippen LogP contribution in [0.5, 0.6) is 0 Å². The van der Waals surface area contributed by atoms with Crippen molar-refractivity contribution in [2.75, 3.05) is 0 Å². The van der Waals surface area contributed by atoms with E-state index in [4.69, 9.17) is 11.6 Å². The molecule has 1 aromatic rings. The Bertz CT molecular complexity index is 710. The Balaban J connectivity index is 2.08. The van der Waals surface area contributed by atoms with E-state index < -0.39 is 0 Å². The van der Waals surface area contributed by atoms with Crippen LogP contribution < -0.4 is 0 Å². The van der Waals surface area contributed by atoms with Crippen LogP contribution in [-0.4, -0.2) is 0 Å². The lowest BCUT2D eigenvalue weighted by atomic mass is 9.74. The van der Waals surface area contributed by atoms with Crippen molar-refractivity contribution in [3.63, 3.8) is 0 Å². The maximum Gasteiger partial charge on any atom is 0.133 e. The normalized spacial score (nSPS) is 26.0. The van der Waals surface area contributed by atoms with Gasteiger partial charge in [0.15, 0.2) is 0 Å². The predicted octanol–water partition coefficient (Wildman–Crippen LogP) is 4.53. The molecule has 0 heterocycles. The summed E-state index contributed by atoms with van der Waals surface area (Å²) in [6.45, 7) is 0. The molecule has 0 saturated heterocycles. The van der Waals surface area contributed by atoms with E-state index in [0.717, 1.165) is 17.0 Å². The van der Waals surface area contributed by atoms with Gasteiger partial charge in [0, 0.05) is 10.9 Å². The number of halogens is 1. The standard InChI is InChI=1S/C18H13ClN2/c19-15-5-3-13(4-6-15)18-9-12-1-7-16(14(10-20)11-21)17(18)8-2-12/h1-8,12,17-18H,9H2. The van der Waals surface area contributed by atoms with Crippen molar-refractivity contribution in [1.82, 2.24) is 0 Å². The lowest BCUT2D eigenvalue weighted by molar-refractivity contribution is 0.481. The number of benzene rings is 1. The van der Waals surface area contributed by atoms with Crippen LogP contribution in [0.4, 0.5) is 0 Å². The van der Waals surface area contributed by atoms with Crippen molar-refractivity contribution in [3.8, 4) is 12.1 Å². The molecule has 3 aliphatic carbocycles. The molecule has 2 bridgehead atoms. The first-order valence-electron chi connectivity index (χ1n) is 6.89. The zero-order chi connectivity index (χ0) is 14.8. The number of rotatable bonds is 1. The Kier molecular flexibility index (Phi) is 3.65. The first-order valence-corrected chi connectivity index (χ1v) is 7.27. The van der Waals surface area contributed by atoms with Crippen molar-refractivity contribution >= 4 is 11.6 Å². The highest BCUT2D eigenvalue weighted by atomic mass is 35.5. The van der Waals surface area contributed by atoms with Gasteiger partial charge in [0.05, 0.1) is 0 Å². The van der Waals surface area contributed by atoms with Crippen LogP contribution in [0.25, 0.3) is 0 Å². The van der Waals surface area contributed by atoms with Crippen molar-refractivity contribution < 1.29 is 0 Å². The van der Waals surface area contributed by atoms with E-state index in [2.05, 4.69) is 18.2 Å². The second kappa shape index (κ2) is 5.60. The lowest BCUT2D eigenvalue weighted by Gasteiger charge is -2.29. The Labute approximate surface area is 129 Å². The summed E-state index contributed by atoms with van der Waals surface area (Å²) in [5.74, 6) is 0.715. The van der Waals surface area contributed by atoms with Gasteiger partial charge < -0.3 is 0 Å². The number of allylic oxidation sites excluding steroid dienone is 6. The van der Waals surface area contributed by atoms with Gasteiger partial charge in [-0.15, -0.1) is 0 Å². The zero-order valence-electron chi connectivity index (χ0n) is 11.3. The first kappa shape index (κ1) is 13.7. The molecule has 0 spiro atoms. The Morgan fingerprint density at radius 1 is 1.05 bits per heavy atom. The van der Waals surface area contributed by atoms with Gasteiger partial charge in [-0.3, -0.25) is 0 Å². The van der Waals surface area contributed by atoms with Crippen LogP contribution in [0.3, 0.4) is 0 Å². The third-order valence-electron chi connectivity index (χ3n) is 4.22. The SMILES string of the molecule is N#CC(C#N)=C1C=CC2C=CC1C(c1ccc(Cl)cc1)C2. The number of nitriles is 2. The van der Waals surface area contributed by atoms with Crippen LogP contribution in [-0.2, 0) is 0 Å². The van der Waals surface area contributed by atoms with Gasteiger partial charge in [0.2, 0.25) is 0 Å². The summed E-state index contributed by atoms with van der Waals surface area (Å²) in [6.07, 6.45) is 9.35. The average Bonchev–Trinajstić information content (AvgIpc) is 2.82. The van der Waals surface area contributed by atoms with Gasteiger partial charge in [0.1, 0.15) is 17.7 Å². The van der Waals surface area contributed by atoms with Crippen LogP contribution >= 0.6 is 11.6 Å². The molecular weight excluding hydrogens is 280 g/mol. The minimum atomic E-state index is 0.0791. The Hall–Kier alpha value is -2.29. The molecule has 4 rings (SSSR count). The fourth-order valence-corrected chi connectivity index (χ4v) is 3.30. The highest BCUT2D eigenvalue weighted by molar-refractivity contribution is 6.30. The molecule has 3 atom stereocenters. The third kappa shape index (κ3) is 2.51. The summed E-state index contributed by atoms with van der Waals surface area (Å²) >= 11 is 5.96. The van der Waals surface area contributed by atoms with Crippen LogP contribution in [0.1, 0.15) is 17.9 Å². The maximum absolute atomic E-state index is 9.18. The number of fused-ring (bicyclic) bond motifs is 2. The number of nitrogens with zero attached hydrogens (tertiary/aromatic N) is 2. The van der Waals surface area contributed by atoms with Crippen molar-refractivity contribution in [2.24, 2.45) is 11.8 Å². The third-order valence-corrected chi connectivity index (χ3v) is 4.47. The molecule has 0 aromatic heterocycles. The predicted molar refractivity (Wildman–Crippen MR) is 82.3 cm³/mol. The summed E-state index contributed by atoms with van der Waals surface area (Å²) in [6, 6.07) is 11.9. The summed E-state index contributed by atoms with van der Waals surface area (Å²) in [4.78, 5) is 0. The fourth-order valence-electron chi connectivity index (χ4n) is 3.17. The van der Waals surface area contributed by atoms with Crippen LogP contribution in [0, 0.1) is 34.5 Å². The molecule has 0 fully saturated rings. The van der Waals surface area contributed by atoms with E-state index in [9.17, 15) is 10.5 Å². The fraction of sp³-hybridized carbons (Fsp3) is 0.222. The van der Waals surface area contributed by atoms with E-state index in [1.54, 1.807) is 0 Å². The molecule has 0 aliphatic heterocycles. The molecule has 3 heteroatoms. The molecule has 3 aliphatic rings. The monoisotopic (exact) mass is 292 g/mol. The minimum absolute atomic E-state index is 0.0791. The van der Waals surface area contributed by atoms with Gasteiger partial charge >= 0.3 is 0 Å². The summed E-state index contributed by atoms with van der Waals surface area (Å²) in [7, 11) is 0. The second-order valence-corrected chi connectivity index (χ2v) is 5.82. The maximum atomic E-state index is 9.18. The Morgan fingerprint density at radius 3 is 2.43 bits per heavy atom.